The van der Waals surface area contributed by atoms with Crippen molar-refractivity contribution in [3.8, 4) is 0 Å². The predicted octanol–water partition coefficient (Wildman–Crippen LogP) is 2.54. The fraction of sp³-hybridized carbons (Fsp3) is 0.333. The molecule has 0 amide bonds. The molecule has 1 atom stereocenters. The summed E-state index contributed by atoms with van der Waals surface area (Å²) in [6.45, 7) is 4.04. The van der Waals surface area contributed by atoms with Crippen LogP contribution in [0.4, 0.5) is 0 Å². The SMILES string of the molecule is CNC(C)c1ccccc1Sc1n[nH]c(C)n1. The van der Waals surface area contributed by atoms with Crippen LogP contribution in [-0.4, -0.2) is 22.2 Å². The van der Waals surface area contributed by atoms with Crippen LogP contribution >= 0.6 is 11.8 Å². The van der Waals surface area contributed by atoms with Crippen LogP contribution in [0.2, 0.25) is 0 Å². The standard InChI is InChI=1S/C12H16N4S/c1-8(13-3)10-6-4-5-7-11(10)17-12-14-9(2)15-16-12/h4-8,13H,1-3H3,(H,14,15,16). The van der Waals surface area contributed by atoms with Crippen molar-refractivity contribution >= 4 is 11.8 Å². The second-order valence-electron chi connectivity index (χ2n) is 3.85. The lowest BCUT2D eigenvalue weighted by Crippen LogP contribution is -2.13. The van der Waals surface area contributed by atoms with Crippen molar-refractivity contribution in [3.05, 3.63) is 35.7 Å². The smallest absolute Gasteiger partial charge is 0.213 e. The third-order valence-electron chi connectivity index (χ3n) is 2.60. The zero-order valence-electron chi connectivity index (χ0n) is 10.2. The molecule has 5 heteroatoms. The summed E-state index contributed by atoms with van der Waals surface area (Å²) >= 11 is 1.59. The minimum atomic E-state index is 0.318. The van der Waals surface area contributed by atoms with Gasteiger partial charge < -0.3 is 5.32 Å². The molecular weight excluding hydrogens is 232 g/mol. The van der Waals surface area contributed by atoms with E-state index in [1.807, 2.05) is 20.0 Å². The predicted molar refractivity (Wildman–Crippen MR) is 69.2 cm³/mol. The van der Waals surface area contributed by atoms with Crippen LogP contribution in [-0.2, 0) is 0 Å². The normalized spacial score (nSPS) is 12.6. The van der Waals surface area contributed by atoms with E-state index in [1.54, 1.807) is 11.8 Å². The highest BCUT2D eigenvalue weighted by atomic mass is 32.2. The van der Waals surface area contributed by atoms with Gasteiger partial charge in [-0.3, -0.25) is 5.10 Å². The largest absolute Gasteiger partial charge is 0.313 e. The fourth-order valence-electron chi connectivity index (χ4n) is 1.55. The van der Waals surface area contributed by atoms with Crippen molar-refractivity contribution in [2.75, 3.05) is 7.05 Å². The molecule has 1 aromatic carbocycles. The molecule has 1 heterocycles. The van der Waals surface area contributed by atoms with Gasteiger partial charge in [-0.25, -0.2) is 4.98 Å². The molecule has 0 fully saturated rings. The average molecular weight is 248 g/mol. The van der Waals surface area contributed by atoms with Crippen molar-refractivity contribution in [1.29, 1.82) is 0 Å². The molecule has 2 aromatic rings. The van der Waals surface area contributed by atoms with E-state index < -0.39 is 0 Å². The van der Waals surface area contributed by atoms with Gasteiger partial charge in [-0.05, 0) is 44.3 Å². The van der Waals surface area contributed by atoms with E-state index in [-0.39, 0.29) is 0 Å². The highest BCUT2D eigenvalue weighted by Gasteiger charge is 2.11. The number of benzene rings is 1. The van der Waals surface area contributed by atoms with Gasteiger partial charge in [0.2, 0.25) is 5.16 Å². The zero-order valence-corrected chi connectivity index (χ0v) is 11.0. The molecular formula is C12H16N4S. The molecule has 2 rings (SSSR count). The molecule has 17 heavy (non-hydrogen) atoms. The molecule has 4 nitrogen and oxygen atoms in total. The first kappa shape index (κ1) is 12.1. The van der Waals surface area contributed by atoms with E-state index in [2.05, 4.69) is 45.6 Å². The summed E-state index contributed by atoms with van der Waals surface area (Å²) in [7, 11) is 1.96. The number of aryl methyl sites for hydroxylation is 1. The second kappa shape index (κ2) is 5.33. The van der Waals surface area contributed by atoms with Crippen molar-refractivity contribution in [2.24, 2.45) is 0 Å². The van der Waals surface area contributed by atoms with Crippen LogP contribution in [0.25, 0.3) is 0 Å². The Balaban J connectivity index is 2.26. The van der Waals surface area contributed by atoms with E-state index in [0.29, 0.717) is 6.04 Å². The highest BCUT2D eigenvalue weighted by molar-refractivity contribution is 7.99. The van der Waals surface area contributed by atoms with Gasteiger partial charge in [-0.2, -0.15) is 0 Å². The number of rotatable bonds is 4. The van der Waals surface area contributed by atoms with Gasteiger partial charge in [0, 0.05) is 10.9 Å². The number of aromatic nitrogens is 3. The number of nitrogens with zero attached hydrogens (tertiary/aromatic N) is 2. The topological polar surface area (TPSA) is 53.6 Å². The summed E-state index contributed by atoms with van der Waals surface area (Å²) in [5.41, 5.74) is 1.27. The van der Waals surface area contributed by atoms with Gasteiger partial charge in [-0.15, -0.1) is 5.10 Å². The Labute approximate surface area is 105 Å². The Morgan fingerprint density at radius 3 is 2.76 bits per heavy atom. The minimum absolute atomic E-state index is 0.318. The van der Waals surface area contributed by atoms with Gasteiger partial charge in [0.15, 0.2) is 0 Å². The quantitative estimate of drug-likeness (QED) is 0.873. The lowest BCUT2D eigenvalue weighted by atomic mass is 10.1. The molecule has 0 radical (unpaired) electrons. The van der Waals surface area contributed by atoms with Crippen molar-refractivity contribution in [1.82, 2.24) is 20.5 Å². The Morgan fingerprint density at radius 1 is 1.35 bits per heavy atom. The average Bonchev–Trinajstić information content (AvgIpc) is 2.74. The van der Waals surface area contributed by atoms with Gasteiger partial charge in [0.25, 0.3) is 0 Å². The highest BCUT2D eigenvalue weighted by Crippen LogP contribution is 2.30. The van der Waals surface area contributed by atoms with Crippen molar-refractivity contribution < 1.29 is 0 Å². The summed E-state index contributed by atoms with van der Waals surface area (Å²) < 4.78 is 0. The molecule has 0 aliphatic heterocycles. The zero-order chi connectivity index (χ0) is 12.3. The molecule has 2 N–H and O–H groups in total. The summed E-state index contributed by atoms with van der Waals surface area (Å²) in [5, 5.41) is 11.0. The van der Waals surface area contributed by atoms with E-state index in [9.17, 15) is 0 Å². The Morgan fingerprint density at radius 2 is 2.12 bits per heavy atom. The molecule has 90 valence electrons. The first-order valence-electron chi connectivity index (χ1n) is 5.53. The first-order valence-corrected chi connectivity index (χ1v) is 6.35. The molecule has 1 aromatic heterocycles. The Bertz CT molecular complexity index is 495. The van der Waals surface area contributed by atoms with Crippen LogP contribution < -0.4 is 5.32 Å². The van der Waals surface area contributed by atoms with Crippen molar-refractivity contribution in [2.45, 2.75) is 29.9 Å². The maximum Gasteiger partial charge on any atom is 0.213 e. The number of aromatic amines is 1. The summed E-state index contributed by atoms with van der Waals surface area (Å²) in [4.78, 5) is 5.50. The van der Waals surface area contributed by atoms with E-state index >= 15 is 0 Å². The number of hydrogen-bond donors (Lipinski definition) is 2. The van der Waals surface area contributed by atoms with E-state index in [0.717, 1.165) is 11.0 Å². The number of nitrogens with one attached hydrogen (secondary N) is 2. The van der Waals surface area contributed by atoms with E-state index in [4.69, 9.17) is 0 Å². The molecule has 0 aliphatic carbocycles. The Kier molecular flexibility index (Phi) is 3.81. The van der Waals surface area contributed by atoms with Crippen LogP contribution in [0, 0.1) is 6.92 Å². The number of H-pyrrole nitrogens is 1. The molecule has 0 saturated carbocycles. The number of hydrogen-bond acceptors (Lipinski definition) is 4. The summed E-state index contributed by atoms with van der Waals surface area (Å²) in [5.74, 6) is 0.839. The monoisotopic (exact) mass is 248 g/mol. The lowest BCUT2D eigenvalue weighted by molar-refractivity contribution is 0.641. The van der Waals surface area contributed by atoms with Crippen molar-refractivity contribution in [3.63, 3.8) is 0 Å². The maximum absolute atomic E-state index is 4.31. The van der Waals surface area contributed by atoms with Gasteiger partial charge in [0.05, 0.1) is 0 Å². The summed E-state index contributed by atoms with van der Waals surface area (Å²) in [6, 6.07) is 8.63. The maximum atomic E-state index is 4.31. The molecule has 0 bridgehead atoms. The van der Waals surface area contributed by atoms with Gasteiger partial charge in [0.1, 0.15) is 5.82 Å². The van der Waals surface area contributed by atoms with Crippen LogP contribution in [0.3, 0.4) is 0 Å². The fourth-order valence-corrected chi connectivity index (χ4v) is 2.53. The molecule has 0 aliphatic rings. The van der Waals surface area contributed by atoms with Crippen LogP contribution in [0.5, 0.6) is 0 Å². The first-order chi connectivity index (χ1) is 8.20. The molecule has 0 spiro atoms. The van der Waals surface area contributed by atoms with Gasteiger partial charge in [-0.1, -0.05) is 18.2 Å². The molecule has 0 saturated heterocycles. The van der Waals surface area contributed by atoms with E-state index in [1.165, 1.54) is 10.5 Å². The Hall–Kier alpha value is -1.33. The van der Waals surface area contributed by atoms with Crippen LogP contribution in [0.1, 0.15) is 24.4 Å². The lowest BCUT2D eigenvalue weighted by Gasteiger charge is -2.14. The van der Waals surface area contributed by atoms with Gasteiger partial charge >= 0.3 is 0 Å². The van der Waals surface area contributed by atoms with Crippen LogP contribution in [0.15, 0.2) is 34.3 Å². The second-order valence-corrected chi connectivity index (χ2v) is 4.86. The third kappa shape index (κ3) is 2.87. The minimum Gasteiger partial charge on any atom is -0.313 e. The third-order valence-corrected chi connectivity index (χ3v) is 3.55. The molecule has 1 unspecified atom stereocenters. The summed E-state index contributed by atoms with van der Waals surface area (Å²) in [6.07, 6.45) is 0.